The highest BCUT2D eigenvalue weighted by molar-refractivity contribution is 8.01. The molecule has 0 heterocycles. The van der Waals surface area contributed by atoms with E-state index in [1.165, 1.54) is 6.92 Å². The number of carbonyl (C=O) groups excluding carboxylic acids is 1. The maximum Gasteiger partial charge on any atom is 0.221 e. The molecular weight excluding hydrogens is 206 g/mol. The van der Waals surface area contributed by atoms with Crippen molar-refractivity contribution in [2.45, 2.75) is 43.7 Å². The zero-order valence-electron chi connectivity index (χ0n) is 8.43. The summed E-state index contributed by atoms with van der Waals surface area (Å²) in [7, 11) is 0. The summed E-state index contributed by atoms with van der Waals surface area (Å²) in [6.07, 6.45) is 0.418. The van der Waals surface area contributed by atoms with Crippen molar-refractivity contribution in [2.24, 2.45) is 0 Å². The van der Waals surface area contributed by atoms with Gasteiger partial charge in [-0.25, -0.2) is 0 Å². The molecule has 3 unspecified atom stereocenters. The molecule has 14 heavy (non-hydrogen) atoms. The molecule has 82 valence electrons. The zero-order valence-corrected chi connectivity index (χ0v) is 9.24. The van der Waals surface area contributed by atoms with Gasteiger partial charge in [0.05, 0.1) is 11.2 Å². The molecule has 0 aromatic rings. The lowest BCUT2D eigenvalue weighted by Gasteiger charge is -2.20. The van der Waals surface area contributed by atoms with E-state index >= 15 is 0 Å². The van der Waals surface area contributed by atoms with Crippen LogP contribution in [0.15, 0.2) is 0 Å². The van der Waals surface area contributed by atoms with Crippen molar-refractivity contribution in [1.29, 1.82) is 0 Å². The number of nitro groups is 1. The Bertz CT molecular complexity index is 221. The Kier molecular flexibility index (Phi) is 5.52. The molecule has 0 radical (unpaired) electrons. The molecule has 0 aliphatic carbocycles. The number of thioether (sulfide) groups is 1. The number of hydrogen-bond donors (Lipinski definition) is 0. The Hall–Kier alpha value is -0.780. The molecule has 0 N–H and O–H groups in total. The lowest BCUT2D eigenvalue weighted by molar-refractivity contribution is -0.516. The number of rotatable bonds is 6. The number of nitrogens with zero attached hydrogens (tertiary/aromatic N) is 1. The first-order valence-electron chi connectivity index (χ1n) is 4.40. The van der Waals surface area contributed by atoms with Crippen LogP contribution in [0.2, 0.25) is 0 Å². The molecule has 0 fully saturated rings. The van der Waals surface area contributed by atoms with Crippen LogP contribution in [0.5, 0.6) is 0 Å². The van der Waals surface area contributed by atoms with Gasteiger partial charge in [0.15, 0.2) is 0 Å². The van der Waals surface area contributed by atoms with E-state index in [2.05, 4.69) is 0 Å². The fourth-order valence-corrected chi connectivity index (χ4v) is 2.01. The third kappa shape index (κ3) is 3.95. The predicted molar refractivity (Wildman–Crippen MR) is 52.6 cm³/mol. The second-order valence-corrected chi connectivity index (χ2v) is 4.67. The summed E-state index contributed by atoms with van der Waals surface area (Å²) in [5, 5.41) is 20.0. The Balaban J connectivity index is 4.21. The summed E-state index contributed by atoms with van der Waals surface area (Å²) >= 11 is 1.09. The smallest absolute Gasteiger partial charge is 0.221 e. The van der Waals surface area contributed by atoms with Gasteiger partial charge in [0.25, 0.3) is 0 Å². The van der Waals surface area contributed by atoms with Gasteiger partial charge in [0.1, 0.15) is 0 Å². The summed E-state index contributed by atoms with van der Waals surface area (Å²) in [6, 6.07) is -0.742. The van der Waals surface area contributed by atoms with Crippen LogP contribution >= 0.6 is 11.8 Å². The highest BCUT2D eigenvalue weighted by Gasteiger charge is 2.25. The van der Waals surface area contributed by atoms with E-state index < -0.39 is 22.2 Å². The fourth-order valence-electron chi connectivity index (χ4n) is 0.863. The molecule has 6 heteroatoms. The summed E-state index contributed by atoms with van der Waals surface area (Å²) < 4.78 is 0. The van der Waals surface area contributed by atoms with Crippen molar-refractivity contribution in [1.82, 2.24) is 0 Å². The largest absolute Gasteiger partial charge is 0.549 e. The normalized spacial score (nSPS) is 17.1. The number of carbonyl (C=O) groups is 1. The predicted octanol–water partition coefficient (Wildman–Crippen LogP) is 0.302. The van der Waals surface area contributed by atoms with E-state index in [4.69, 9.17) is 0 Å². The lowest BCUT2D eigenvalue weighted by atomic mass is 10.3. The molecule has 0 aliphatic heterocycles. The SMILES string of the molecule is CCC(SC(C)C(C)[N+](=O)[O-])C(=O)[O-]. The minimum Gasteiger partial charge on any atom is -0.549 e. The molecule has 0 amide bonds. The standard InChI is InChI=1S/C8H15NO4S/c1-4-7(8(10)11)14-6(3)5(2)9(12)13/h5-7H,4H2,1-3H3,(H,10,11)/p-1. The van der Waals surface area contributed by atoms with Gasteiger partial charge in [-0.15, -0.1) is 11.8 Å². The number of carboxylic acid groups (broad SMARTS) is 1. The average molecular weight is 220 g/mol. The Morgan fingerprint density at radius 2 is 2.00 bits per heavy atom. The maximum absolute atomic E-state index is 10.6. The second kappa shape index (κ2) is 5.85. The molecule has 0 aromatic carbocycles. The molecule has 0 saturated carbocycles. The Labute approximate surface area is 87.0 Å². The van der Waals surface area contributed by atoms with E-state index in [1.54, 1.807) is 13.8 Å². The van der Waals surface area contributed by atoms with Gasteiger partial charge in [0.2, 0.25) is 6.04 Å². The Morgan fingerprint density at radius 1 is 1.50 bits per heavy atom. The van der Waals surface area contributed by atoms with E-state index in [9.17, 15) is 20.0 Å². The molecule has 0 aromatic heterocycles. The molecule has 0 rings (SSSR count). The van der Waals surface area contributed by atoms with Crippen molar-refractivity contribution >= 4 is 17.7 Å². The molecule has 0 saturated heterocycles. The number of hydrogen-bond acceptors (Lipinski definition) is 5. The van der Waals surface area contributed by atoms with Crippen LogP contribution in [0.3, 0.4) is 0 Å². The van der Waals surface area contributed by atoms with Crippen LogP contribution in [-0.4, -0.2) is 27.4 Å². The summed E-state index contributed by atoms with van der Waals surface area (Å²) in [5.41, 5.74) is 0. The van der Waals surface area contributed by atoms with Gasteiger partial charge < -0.3 is 9.90 Å². The Morgan fingerprint density at radius 3 is 2.29 bits per heavy atom. The van der Waals surface area contributed by atoms with Crippen molar-refractivity contribution in [3.05, 3.63) is 10.1 Å². The summed E-state index contributed by atoms with van der Waals surface area (Å²) in [5.74, 6) is -1.15. The maximum atomic E-state index is 10.6. The van der Waals surface area contributed by atoms with Crippen molar-refractivity contribution in [3.63, 3.8) is 0 Å². The van der Waals surface area contributed by atoms with E-state index in [0.717, 1.165) is 11.8 Å². The van der Waals surface area contributed by atoms with Crippen LogP contribution in [0.4, 0.5) is 0 Å². The third-order valence-corrected chi connectivity index (χ3v) is 3.70. The minimum absolute atomic E-state index is 0.326. The molecule has 0 bridgehead atoms. The number of carboxylic acids is 1. The van der Waals surface area contributed by atoms with Crippen LogP contribution in [0.25, 0.3) is 0 Å². The first-order chi connectivity index (χ1) is 6.40. The van der Waals surface area contributed by atoms with Gasteiger partial charge in [-0.1, -0.05) is 6.92 Å². The van der Waals surface area contributed by atoms with Crippen LogP contribution < -0.4 is 5.11 Å². The lowest BCUT2D eigenvalue weighted by Crippen LogP contribution is -2.36. The average Bonchev–Trinajstić information content (AvgIpc) is 2.11. The van der Waals surface area contributed by atoms with Gasteiger partial charge in [-0.3, -0.25) is 10.1 Å². The fraction of sp³-hybridized carbons (Fsp3) is 0.875. The van der Waals surface area contributed by atoms with E-state index in [-0.39, 0.29) is 5.25 Å². The molecular formula is C8H14NO4S-. The van der Waals surface area contributed by atoms with E-state index in [0.29, 0.717) is 6.42 Å². The summed E-state index contributed by atoms with van der Waals surface area (Å²) in [4.78, 5) is 20.6. The zero-order chi connectivity index (χ0) is 11.3. The van der Waals surface area contributed by atoms with Gasteiger partial charge in [-0.05, 0) is 13.3 Å². The van der Waals surface area contributed by atoms with Crippen molar-refractivity contribution in [3.8, 4) is 0 Å². The topological polar surface area (TPSA) is 83.3 Å². The quantitative estimate of drug-likeness (QED) is 0.475. The van der Waals surface area contributed by atoms with Gasteiger partial charge in [0, 0.05) is 17.1 Å². The third-order valence-electron chi connectivity index (χ3n) is 2.02. The number of aliphatic carboxylic acids is 1. The van der Waals surface area contributed by atoms with Crippen molar-refractivity contribution < 1.29 is 14.8 Å². The summed E-state index contributed by atoms with van der Waals surface area (Å²) in [6.45, 7) is 4.85. The van der Waals surface area contributed by atoms with Crippen LogP contribution in [-0.2, 0) is 4.79 Å². The molecule has 3 atom stereocenters. The highest BCUT2D eigenvalue weighted by atomic mass is 32.2. The first-order valence-corrected chi connectivity index (χ1v) is 5.34. The molecule has 0 aliphatic rings. The molecule has 5 nitrogen and oxygen atoms in total. The highest BCUT2D eigenvalue weighted by Crippen LogP contribution is 2.23. The van der Waals surface area contributed by atoms with Gasteiger partial charge in [-0.2, -0.15) is 0 Å². The van der Waals surface area contributed by atoms with Crippen molar-refractivity contribution in [2.75, 3.05) is 0 Å². The first kappa shape index (κ1) is 13.2. The van der Waals surface area contributed by atoms with Gasteiger partial charge >= 0.3 is 0 Å². The minimum atomic E-state index is -1.15. The van der Waals surface area contributed by atoms with Crippen LogP contribution in [0, 0.1) is 10.1 Å². The van der Waals surface area contributed by atoms with E-state index in [1.807, 2.05) is 0 Å². The molecule has 0 spiro atoms. The second-order valence-electron chi connectivity index (χ2n) is 3.08. The van der Waals surface area contributed by atoms with Crippen LogP contribution in [0.1, 0.15) is 27.2 Å². The monoisotopic (exact) mass is 220 g/mol.